The Morgan fingerprint density at radius 2 is 1.86 bits per heavy atom. The van der Waals surface area contributed by atoms with Gasteiger partial charge in [0, 0.05) is 12.3 Å². The third-order valence-electron chi connectivity index (χ3n) is 4.65. The highest BCUT2D eigenvalue weighted by molar-refractivity contribution is 7.99. The highest BCUT2D eigenvalue weighted by Gasteiger charge is 2.14. The van der Waals surface area contributed by atoms with Gasteiger partial charge in [0.1, 0.15) is 12.4 Å². The lowest BCUT2D eigenvalue weighted by Crippen LogP contribution is -2.25. The number of thioether (sulfide) groups is 1. The van der Waals surface area contributed by atoms with Crippen molar-refractivity contribution < 1.29 is 9.84 Å². The summed E-state index contributed by atoms with van der Waals surface area (Å²) in [4.78, 5) is 17.5. The van der Waals surface area contributed by atoms with Gasteiger partial charge in [-0.05, 0) is 36.1 Å². The van der Waals surface area contributed by atoms with Gasteiger partial charge in [-0.2, -0.15) is 0 Å². The molecule has 0 aliphatic heterocycles. The monoisotopic (exact) mass is 412 g/mol. The predicted molar refractivity (Wildman–Crippen MR) is 119 cm³/mol. The first-order valence-corrected chi connectivity index (χ1v) is 11.0. The molecule has 0 aliphatic carbocycles. The van der Waals surface area contributed by atoms with Crippen LogP contribution in [-0.2, 0) is 6.54 Å². The van der Waals surface area contributed by atoms with Crippen LogP contribution >= 0.6 is 11.8 Å². The number of para-hydroxylation sites is 2. The van der Waals surface area contributed by atoms with Crippen molar-refractivity contribution in [2.24, 2.45) is 0 Å². The molecular weight excluding hydrogens is 384 g/mol. The molecule has 0 spiro atoms. The standard InChI is InChI=1S/C23H28N2O3S/c1-4-13-25-22(27)19-10-5-7-11-20(19)24-23(25)29-15-17(26)14-28-21-12-8-6-9-18(21)16(2)3/h5-12,16-17,26H,4,13-15H2,1-3H3/t17-/m0/s1. The van der Waals surface area contributed by atoms with E-state index in [1.165, 1.54) is 11.8 Å². The third kappa shape index (κ3) is 5.19. The lowest BCUT2D eigenvalue weighted by molar-refractivity contribution is 0.125. The molecule has 5 nitrogen and oxygen atoms in total. The van der Waals surface area contributed by atoms with Gasteiger partial charge in [-0.1, -0.05) is 62.9 Å². The summed E-state index contributed by atoms with van der Waals surface area (Å²) in [7, 11) is 0. The van der Waals surface area contributed by atoms with Crippen molar-refractivity contribution in [1.29, 1.82) is 0 Å². The Morgan fingerprint density at radius 3 is 2.62 bits per heavy atom. The molecule has 0 aliphatic rings. The van der Waals surface area contributed by atoms with Crippen LogP contribution in [0.25, 0.3) is 10.9 Å². The molecule has 6 heteroatoms. The molecule has 0 saturated carbocycles. The lowest BCUT2D eigenvalue weighted by atomic mass is 10.0. The average Bonchev–Trinajstić information content (AvgIpc) is 2.73. The van der Waals surface area contributed by atoms with Crippen molar-refractivity contribution in [3.8, 4) is 5.75 Å². The van der Waals surface area contributed by atoms with Gasteiger partial charge < -0.3 is 9.84 Å². The van der Waals surface area contributed by atoms with Crippen LogP contribution in [0, 0.1) is 0 Å². The summed E-state index contributed by atoms with van der Waals surface area (Å²) in [6.45, 7) is 7.07. The van der Waals surface area contributed by atoms with E-state index >= 15 is 0 Å². The van der Waals surface area contributed by atoms with Gasteiger partial charge >= 0.3 is 0 Å². The molecule has 29 heavy (non-hydrogen) atoms. The molecule has 1 heterocycles. The fourth-order valence-corrected chi connectivity index (χ4v) is 4.10. The van der Waals surface area contributed by atoms with E-state index in [0.29, 0.717) is 34.3 Å². The molecule has 3 rings (SSSR count). The number of benzene rings is 2. The number of aliphatic hydroxyl groups is 1. The molecule has 154 valence electrons. The van der Waals surface area contributed by atoms with E-state index in [0.717, 1.165) is 17.7 Å². The predicted octanol–water partition coefficient (Wildman–Crippen LogP) is 4.46. The van der Waals surface area contributed by atoms with Crippen LogP contribution in [0.1, 0.15) is 38.7 Å². The Balaban J connectivity index is 1.70. The van der Waals surface area contributed by atoms with Gasteiger partial charge in [0.2, 0.25) is 0 Å². The molecule has 1 aromatic heterocycles. The Labute approximate surface area is 175 Å². The van der Waals surface area contributed by atoms with Crippen LogP contribution in [0.15, 0.2) is 58.5 Å². The number of hydrogen-bond donors (Lipinski definition) is 1. The maximum Gasteiger partial charge on any atom is 0.262 e. The lowest BCUT2D eigenvalue weighted by Gasteiger charge is -2.17. The second kappa shape index (κ2) is 9.94. The van der Waals surface area contributed by atoms with Gasteiger partial charge in [-0.15, -0.1) is 0 Å². The molecule has 0 bridgehead atoms. The fourth-order valence-electron chi connectivity index (χ4n) is 3.17. The normalized spacial score (nSPS) is 12.4. The summed E-state index contributed by atoms with van der Waals surface area (Å²) in [5.74, 6) is 1.56. The maximum atomic E-state index is 12.8. The number of fused-ring (bicyclic) bond motifs is 1. The van der Waals surface area contributed by atoms with Crippen molar-refractivity contribution in [2.45, 2.75) is 50.9 Å². The largest absolute Gasteiger partial charge is 0.491 e. The van der Waals surface area contributed by atoms with Crippen LogP contribution in [-0.4, -0.2) is 33.1 Å². The zero-order chi connectivity index (χ0) is 20.8. The van der Waals surface area contributed by atoms with E-state index in [2.05, 4.69) is 18.8 Å². The number of ether oxygens (including phenoxy) is 1. The minimum atomic E-state index is -0.668. The zero-order valence-electron chi connectivity index (χ0n) is 17.2. The summed E-state index contributed by atoms with van der Waals surface area (Å²) in [5.41, 5.74) is 1.78. The molecule has 2 aromatic carbocycles. The summed E-state index contributed by atoms with van der Waals surface area (Å²) in [6.07, 6.45) is 0.171. The van der Waals surface area contributed by atoms with E-state index in [-0.39, 0.29) is 12.2 Å². The van der Waals surface area contributed by atoms with E-state index in [1.54, 1.807) is 10.6 Å². The SMILES string of the molecule is CCCn1c(SC[C@@H](O)COc2ccccc2C(C)C)nc2ccccc2c1=O. The first kappa shape index (κ1) is 21.4. The van der Waals surface area contributed by atoms with Crippen molar-refractivity contribution in [1.82, 2.24) is 9.55 Å². The fraction of sp³-hybridized carbons (Fsp3) is 0.391. The Kier molecular flexibility index (Phi) is 7.34. The van der Waals surface area contributed by atoms with Gasteiger partial charge in [0.15, 0.2) is 5.16 Å². The topological polar surface area (TPSA) is 64.3 Å². The zero-order valence-corrected chi connectivity index (χ0v) is 18.0. The summed E-state index contributed by atoms with van der Waals surface area (Å²) in [5, 5.41) is 11.7. The van der Waals surface area contributed by atoms with Crippen LogP contribution in [0.2, 0.25) is 0 Å². The number of nitrogens with zero attached hydrogens (tertiary/aromatic N) is 2. The summed E-state index contributed by atoms with van der Waals surface area (Å²) < 4.78 is 7.57. The molecule has 0 saturated heterocycles. The van der Waals surface area contributed by atoms with E-state index < -0.39 is 6.10 Å². The molecule has 1 N–H and O–H groups in total. The highest BCUT2D eigenvalue weighted by atomic mass is 32.2. The summed E-state index contributed by atoms with van der Waals surface area (Å²) in [6, 6.07) is 15.3. The van der Waals surface area contributed by atoms with Gasteiger partial charge in [-0.3, -0.25) is 9.36 Å². The van der Waals surface area contributed by atoms with Crippen molar-refractivity contribution in [3.63, 3.8) is 0 Å². The second-order valence-corrected chi connectivity index (χ2v) is 8.32. The minimum absolute atomic E-state index is 0.0310. The number of aromatic nitrogens is 2. The van der Waals surface area contributed by atoms with E-state index in [9.17, 15) is 9.90 Å². The molecule has 1 atom stereocenters. The van der Waals surface area contributed by atoms with Crippen molar-refractivity contribution in [2.75, 3.05) is 12.4 Å². The first-order valence-electron chi connectivity index (χ1n) is 10.0. The molecule has 0 radical (unpaired) electrons. The smallest absolute Gasteiger partial charge is 0.262 e. The van der Waals surface area contributed by atoms with Crippen LogP contribution in [0.5, 0.6) is 5.75 Å². The Bertz CT molecular complexity index is 1020. The van der Waals surface area contributed by atoms with Crippen molar-refractivity contribution >= 4 is 22.7 Å². The van der Waals surface area contributed by atoms with Crippen LogP contribution in [0.4, 0.5) is 0 Å². The molecule has 3 aromatic rings. The van der Waals surface area contributed by atoms with Gasteiger partial charge in [0.25, 0.3) is 5.56 Å². The molecule has 0 amide bonds. The van der Waals surface area contributed by atoms with E-state index in [4.69, 9.17) is 4.74 Å². The molecule has 0 fully saturated rings. The average molecular weight is 413 g/mol. The van der Waals surface area contributed by atoms with E-state index in [1.807, 2.05) is 49.4 Å². The Hall–Kier alpha value is -2.31. The third-order valence-corrected chi connectivity index (χ3v) is 5.77. The number of aliphatic hydroxyl groups excluding tert-OH is 1. The van der Waals surface area contributed by atoms with Gasteiger partial charge in [0.05, 0.1) is 17.0 Å². The summed E-state index contributed by atoms with van der Waals surface area (Å²) >= 11 is 1.39. The molecule has 0 unspecified atom stereocenters. The highest BCUT2D eigenvalue weighted by Crippen LogP contribution is 2.26. The van der Waals surface area contributed by atoms with Crippen LogP contribution < -0.4 is 10.3 Å². The first-order chi connectivity index (χ1) is 14.0. The number of hydrogen-bond acceptors (Lipinski definition) is 5. The van der Waals surface area contributed by atoms with Crippen LogP contribution in [0.3, 0.4) is 0 Å². The quantitative estimate of drug-likeness (QED) is 0.415. The Morgan fingerprint density at radius 1 is 1.14 bits per heavy atom. The molecular formula is C23H28N2O3S. The van der Waals surface area contributed by atoms with Gasteiger partial charge in [-0.25, -0.2) is 4.98 Å². The maximum absolute atomic E-state index is 12.8. The minimum Gasteiger partial charge on any atom is -0.491 e. The van der Waals surface area contributed by atoms with Crippen molar-refractivity contribution in [3.05, 3.63) is 64.4 Å². The number of rotatable bonds is 9. The second-order valence-electron chi connectivity index (χ2n) is 7.34.